The maximum absolute atomic E-state index is 12.4. The van der Waals surface area contributed by atoms with Crippen LogP contribution in [-0.4, -0.2) is 43.9 Å². The number of thioether (sulfide) groups is 1. The molecule has 0 atom stereocenters. The number of aromatic nitrogens is 3. The molecule has 0 saturated heterocycles. The second kappa shape index (κ2) is 11.3. The second-order valence-electron chi connectivity index (χ2n) is 7.23. The number of anilines is 2. The smallest absolute Gasteiger partial charge is 0.271 e. The van der Waals surface area contributed by atoms with Gasteiger partial charge < -0.3 is 19.9 Å². The minimum atomic E-state index is -0.517. The van der Waals surface area contributed by atoms with Crippen molar-refractivity contribution in [3.8, 4) is 5.75 Å². The summed E-state index contributed by atoms with van der Waals surface area (Å²) in [7, 11) is 1.71. The summed E-state index contributed by atoms with van der Waals surface area (Å²) in [4.78, 5) is 35.2. The first-order valence-corrected chi connectivity index (χ1v) is 11.3. The third-order valence-corrected chi connectivity index (χ3v) is 5.75. The molecule has 11 nitrogen and oxygen atoms in total. The number of carbonyl (C=O) groups excluding carboxylic acids is 2. The summed E-state index contributed by atoms with van der Waals surface area (Å²) >= 11 is 1.15. The molecule has 0 unspecified atom stereocenters. The summed E-state index contributed by atoms with van der Waals surface area (Å²) in [6.07, 6.45) is 0.0103. The van der Waals surface area contributed by atoms with Crippen molar-refractivity contribution in [2.75, 3.05) is 23.0 Å². The molecule has 0 saturated carbocycles. The SMILES string of the molecule is CCOc1ccc(NC(=O)Cc2nnc(SCC(=O)Nc3cc([N+](=O)[O-])ccc3C)n2C)cc1. The molecular weight excluding hydrogens is 460 g/mol. The van der Waals surface area contributed by atoms with Gasteiger partial charge in [0.05, 0.1) is 29.4 Å². The molecule has 2 amide bonds. The molecule has 0 aliphatic rings. The fourth-order valence-corrected chi connectivity index (χ4v) is 3.68. The van der Waals surface area contributed by atoms with Crippen LogP contribution in [0.25, 0.3) is 0 Å². The van der Waals surface area contributed by atoms with E-state index < -0.39 is 4.92 Å². The van der Waals surface area contributed by atoms with Crippen molar-refractivity contribution in [2.24, 2.45) is 7.05 Å². The standard InChI is InChI=1S/C22H24N6O5S/c1-4-33-17-9-6-15(7-10-17)23-20(29)12-19-25-26-22(27(19)3)34-13-21(30)24-18-11-16(28(31)32)8-5-14(18)2/h5-11H,4,12-13H2,1-3H3,(H,23,29)(H,24,30). The first kappa shape index (κ1) is 24.7. The Morgan fingerprint density at radius 1 is 1.12 bits per heavy atom. The van der Waals surface area contributed by atoms with Crippen molar-refractivity contribution < 1.29 is 19.2 Å². The first-order valence-electron chi connectivity index (χ1n) is 10.4. The number of carbonyl (C=O) groups is 2. The maximum Gasteiger partial charge on any atom is 0.271 e. The molecular formula is C22H24N6O5S. The molecule has 12 heteroatoms. The average Bonchev–Trinajstić information content (AvgIpc) is 3.14. The Hall–Kier alpha value is -3.93. The van der Waals surface area contributed by atoms with Gasteiger partial charge in [-0.1, -0.05) is 17.8 Å². The van der Waals surface area contributed by atoms with E-state index in [0.29, 0.717) is 34.5 Å². The van der Waals surface area contributed by atoms with Crippen LogP contribution in [0, 0.1) is 17.0 Å². The molecule has 0 radical (unpaired) electrons. The van der Waals surface area contributed by atoms with E-state index in [1.165, 1.54) is 12.1 Å². The summed E-state index contributed by atoms with van der Waals surface area (Å²) in [6.45, 7) is 4.21. The monoisotopic (exact) mass is 484 g/mol. The van der Waals surface area contributed by atoms with Crippen LogP contribution < -0.4 is 15.4 Å². The van der Waals surface area contributed by atoms with Crippen LogP contribution in [-0.2, 0) is 23.1 Å². The van der Waals surface area contributed by atoms with Crippen LogP contribution in [0.3, 0.4) is 0 Å². The van der Waals surface area contributed by atoms with Crippen LogP contribution in [0.2, 0.25) is 0 Å². The number of nitrogens with zero attached hydrogens (tertiary/aromatic N) is 4. The van der Waals surface area contributed by atoms with Crippen molar-refractivity contribution in [1.82, 2.24) is 14.8 Å². The van der Waals surface area contributed by atoms with Crippen LogP contribution in [0.5, 0.6) is 5.75 Å². The quantitative estimate of drug-likeness (QED) is 0.254. The highest BCUT2D eigenvalue weighted by Gasteiger charge is 2.16. The van der Waals surface area contributed by atoms with Gasteiger partial charge >= 0.3 is 0 Å². The number of hydrogen-bond donors (Lipinski definition) is 2. The molecule has 3 aromatic rings. The molecule has 0 aliphatic heterocycles. The average molecular weight is 485 g/mol. The number of nitro benzene ring substituents is 1. The predicted octanol–water partition coefficient (Wildman–Crippen LogP) is 3.34. The molecule has 3 rings (SSSR count). The highest BCUT2D eigenvalue weighted by molar-refractivity contribution is 7.99. The number of non-ortho nitro benzene ring substituents is 1. The van der Waals surface area contributed by atoms with Gasteiger partial charge in [0.2, 0.25) is 11.8 Å². The van der Waals surface area contributed by atoms with Gasteiger partial charge in [-0.15, -0.1) is 10.2 Å². The van der Waals surface area contributed by atoms with E-state index in [2.05, 4.69) is 20.8 Å². The number of hydrogen-bond acceptors (Lipinski definition) is 8. The van der Waals surface area contributed by atoms with Crippen molar-refractivity contribution in [2.45, 2.75) is 25.4 Å². The van der Waals surface area contributed by atoms with E-state index in [9.17, 15) is 19.7 Å². The Morgan fingerprint density at radius 2 is 1.85 bits per heavy atom. The second-order valence-corrected chi connectivity index (χ2v) is 8.18. The molecule has 0 spiro atoms. The highest BCUT2D eigenvalue weighted by atomic mass is 32.2. The summed E-state index contributed by atoms with van der Waals surface area (Å²) in [5, 5.41) is 25.0. The summed E-state index contributed by atoms with van der Waals surface area (Å²) in [5.41, 5.74) is 1.63. The zero-order valence-corrected chi connectivity index (χ0v) is 19.7. The number of benzene rings is 2. The Labute approximate surface area is 200 Å². The molecule has 1 aromatic heterocycles. The highest BCUT2D eigenvalue weighted by Crippen LogP contribution is 2.23. The fraction of sp³-hybridized carbons (Fsp3) is 0.273. The lowest BCUT2D eigenvalue weighted by Gasteiger charge is -2.08. The summed E-state index contributed by atoms with van der Waals surface area (Å²) in [5.74, 6) is 0.592. The third-order valence-electron chi connectivity index (χ3n) is 4.73. The molecule has 2 N–H and O–H groups in total. The van der Waals surface area contributed by atoms with Crippen LogP contribution in [0.4, 0.5) is 17.1 Å². The minimum absolute atomic E-state index is 0.0103. The van der Waals surface area contributed by atoms with Gasteiger partial charge in [-0.05, 0) is 43.7 Å². The van der Waals surface area contributed by atoms with Gasteiger partial charge in [-0.2, -0.15) is 0 Å². The van der Waals surface area contributed by atoms with Crippen molar-refractivity contribution >= 4 is 40.6 Å². The maximum atomic E-state index is 12.4. The Morgan fingerprint density at radius 3 is 2.53 bits per heavy atom. The topological polar surface area (TPSA) is 141 Å². The molecule has 0 aliphatic carbocycles. The van der Waals surface area contributed by atoms with Gasteiger partial charge in [0.15, 0.2) is 5.16 Å². The van der Waals surface area contributed by atoms with Gasteiger partial charge in [-0.3, -0.25) is 19.7 Å². The minimum Gasteiger partial charge on any atom is -0.494 e. The van der Waals surface area contributed by atoms with Crippen molar-refractivity contribution in [3.05, 3.63) is 64.0 Å². The largest absolute Gasteiger partial charge is 0.494 e. The normalized spacial score (nSPS) is 10.6. The number of rotatable bonds is 10. The van der Waals surface area contributed by atoms with Gasteiger partial charge in [0.25, 0.3) is 5.69 Å². The third kappa shape index (κ3) is 6.54. The van der Waals surface area contributed by atoms with Gasteiger partial charge in [0.1, 0.15) is 11.6 Å². The lowest BCUT2D eigenvalue weighted by Crippen LogP contribution is -2.17. The lowest BCUT2D eigenvalue weighted by atomic mass is 10.2. The number of nitro groups is 1. The number of aryl methyl sites for hydroxylation is 1. The lowest BCUT2D eigenvalue weighted by molar-refractivity contribution is -0.384. The molecule has 2 aromatic carbocycles. The van der Waals surface area contributed by atoms with E-state index >= 15 is 0 Å². The van der Waals surface area contributed by atoms with E-state index in [4.69, 9.17) is 4.74 Å². The zero-order chi connectivity index (χ0) is 24.7. The fourth-order valence-electron chi connectivity index (χ4n) is 2.95. The van der Waals surface area contributed by atoms with E-state index in [1.807, 2.05) is 6.92 Å². The van der Waals surface area contributed by atoms with E-state index in [1.54, 1.807) is 48.9 Å². The first-order chi connectivity index (χ1) is 16.3. The van der Waals surface area contributed by atoms with Crippen LogP contribution in [0.15, 0.2) is 47.6 Å². The summed E-state index contributed by atoms with van der Waals surface area (Å²) < 4.78 is 7.03. The number of ether oxygens (including phenoxy) is 1. The number of nitrogens with one attached hydrogen (secondary N) is 2. The molecule has 1 heterocycles. The molecule has 178 valence electrons. The van der Waals surface area contributed by atoms with Crippen molar-refractivity contribution in [1.29, 1.82) is 0 Å². The Kier molecular flexibility index (Phi) is 8.19. The zero-order valence-electron chi connectivity index (χ0n) is 18.9. The van der Waals surface area contributed by atoms with E-state index in [-0.39, 0.29) is 29.7 Å². The molecule has 0 fully saturated rings. The van der Waals surface area contributed by atoms with Crippen LogP contribution in [0.1, 0.15) is 18.3 Å². The van der Waals surface area contributed by atoms with Gasteiger partial charge in [-0.25, -0.2) is 0 Å². The Balaban J connectivity index is 1.54. The van der Waals surface area contributed by atoms with Crippen LogP contribution >= 0.6 is 11.8 Å². The van der Waals surface area contributed by atoms with E-state index in [0.717, 1.165) is 17.5 Å². The number of amides is 2. The molecule has 34 heavy (non-hydrogen) atoms. The Bertz CT molecular complexity index is 1190. The van der Waals surface area contributed by atoms with Gasteiger partial charge in [0, 0.05) is 24.9 Å². The molecule has 0 bridgehead atoms. The summed E-state index contributed by atoms with van der Waals surface area (Å²) in [6, 6.07) is 11.3. The van der Waals surface area contributed by atoms with Crippen molar-refractivity contribution in [3.63, 3.8) is 0 Å². The predicted molar refractivity (Wildman–Crippen MR) is 128 cm³/mol.